The number of benzene rings is 4. The first-order chi connectivity index (χ1) is 17.9. The zero-order valence-electron chi connectivity index (χ0n) is 19.3. The highest BCUT2D eigenvalue weighted by Crippen LogP contribution is 2.22. The fraction of sp³-hybridized carbons (Fsp3) is 0.0667. The summed E-state index contributed by atoms with van der Waals surface area (Å²) in [5.41, 5.74) is 5.09. The van der Waals surface area contributed by atoms with E-state index in [4.69, 9.17) is 8.94 Å². The summed E-state index contributed by atoms with van der Waals surface area (Å²) in [6, 6.07) is 31.8. The van der Waals surface area contributed by atoms with Crippen LogP contribution < -0.4 is 0 Å². The van der Waals surface area contributed by atoms with Gasteiger partial charge < -0.3 is 8.94 Å². The number of aromatic nitrogens is 3. The highest BCUT2D eigenvalue weighted by molar-refractivity contribution is 7.13. The lowest BCUT2D eigenvalue weighted by atomic mass is 10.2. The monoisotopic (exact) mass is 506 g/mol. The Hall–Kier alpha value is -4.62. The number of hydrogen-bond donors (Lipinski definition) is 0. The molecule has 1 aliphatic rings. The van der Waals surface area contributed by atoms with Crippen molar-refractivity contribution in [2.24, 2.45) is 4.99 Å². The average Bonchev–Trinajstić information content (AvgIpc) is 3.76. The number of aliphatic imine (C=N–C) groups is 1. The van der Waals surface area contributed by atoms with E-state index in [0.29, 0.717) is 0 Å². The lowest BCUT2D eigenvalue weighted by Crippen LogP contribution is -1.75. The molecule has 184 valence electrons. The quantitative estimate of drug-likeness (QED) is 0.206. The Labute approximate surface area is 219 Å². The summed E-state index contributed by atoms with van der Waals surface area (Å²) in [5, 5.41) is 5.92. The number of para-hydroxylation sites is 4. The molecule has 0 radical (unpaired) electrons. The molecule has 0 aliphatic carbocycles. The molecule has 0 atom stereocenters. The van der Waals surface area contributed by atoms with Crippen LogP contribution in [0.25, 0.3) is 32.2 Å². The van der Waals surface area contributed by atoms with Gasteiger partial charge in [-0.15, -0.1) is 0 Å². The molecule has 1 aliphatic heterocycles. The van der Waals surface area contributed by atoms with Crippen molar-refractivity contribution in [3.63, 3.8) is 0 Å². The Morgan fingerprint density at radius 3 is 2.24 bits per heavy atom. The predicted octanol–water partition coefficient (Wildman–Crippen LogP) is 8.53. The van der Waals surface area contributed by atoms with Gasteiger partial charge in [0.15, 0.2) is 17.6 Å². The van der Waals surface area contributed by atoms with E-state index in [0.717, 1.165) is 34.2 Å². The lowest BCUT2D eigenvalue weighted by Gasteiger charge is -1.91. The molecule has 0 spiro atoms. The highest BCUT2D eigenvalue weighted by atomic mass is 32.1. The standard InChI is InChI=1S/C8H7N.2C7H5NO.C7H5NS.CH4/c1-2-4-8-7(3-1)5-6-9-8;1-2-4-7-6(3-1)8-5-9-7;2*1-2-4-7-6(3-1)5-8-9-7;/h1-4,6H,5H2;3*1-5H;1H4. The number of rotatable bonds is 0. The highest BCUT2D eigenvalue weighted by Gasteiger charge is 2.02. The third-order valence-corrected chi connectivity index (χ3v) is 6.07. The fourth-order valence-corrected chi connectivity index (χ4v) is 4.12. The van der Waals surface area contributed by atoms with Gasteiger partial charge in [-0.25, -0.2) is 4.98 Å². The van der Waals surface area contributed by atoms with Gasteiger partial charge in [-0.1, -0.05) is 73.2 Å². The van der Waals surface area contributed by atoms with Crippen molar-refractivity contribution in [1.29, 1.82) is 0 Å². The SMILES string of the molecule is C.C1=Nc2ccccc2C1.c1ccc2ocnc2c1.c1ccc2oncc2c1.c1ccc2sncc2c1. The second-order valence-electron chi connectivity index (χ2n) is 7.69. The van der Waals surface area contributed by atoms with Gasteiger partial charge in [0, 0.05) is 29.6 Å². The van der Waals surface area contributed by atoms with Gasteiger partial charge in [0.1, 0.15) is 5.52 Å². The van der Waals surface area contributed by atoms with E-state index in [2.05, 4.69) is 37.7 Å². The molecule has 37 heavy (non-hydrogen) atoms. The Balaban J connectivity index is 0.000000114. The van der Waals surface area contributed by atoms with Crippen molar-refractivity contribution >= 4 is 55.6 Å². The molecule has 0 unspecified atom stereocenters. The van der Waals surface area contributed by atoms with Crippen LogP contribution in [-0.2, 0) is 6.42 Å². The summed E-state index contributed by atoms with van der Waals surface area (Å²) in [4.78, 5) is 8.13. The van der Waals surface area contributed by atoms with Crippen molar-refractivity contribution in [3.8, 4) is 0 Å². The van der Waals surface area contributed by atoms with Crippen LogP contribution in [0.4, 0.5) is 5.69 Å². The van der Waals surface area contributed by atoms with Gasteiger partial charge in [-0.2, -0.15) is 4.37 Å². The van der Waals surface area contributed by atoms with Crippen molar-refractivity contribution in [2.75, 3.05) is 0 Å². The lowest BCUT2D eigenvalue weighted by molar-refractivity contribution is 0.456. The molecule has 0 fully saturated rings. The summed E-state index contributed by atoms with van der Waals surface area (Å²) in [6.07, 6.45) is 8.00. The molecule has 4 heterocycles. The van der Waals surface area contributed by atoms with Crippen LogP contribution in [0.5, 0.6) is 0 Å². The summed E-state index contributed by atoms with van der Waals surface area (Å²) >= 11 is 1.54. The predicted molar refractivity (Wildman–Crippen MR) is 153 cm³/mol. The molecule has 0 amide bonds. The Morgan fingerprint density at radius 2 is 1.43 bits per heavy atom. The number of oxazole rings is 1. The van der Waals surface area contributed by atoms with Crippen LogP contribution in [0.15, 0.2) is 130 Å². The van der Waals surface area contributed by atoms with Crippen LogP contribution in [-0.4, -0.2) is 20.7 Å². The van der Waals surface area contributed by atoms with Gasteiger partial charge in [0.2, 0.25) is 0 Å². The van der Waals surface area contributed by atoms with Gasteiger partial charge in [-0.3, -0.25) is 4.99 Å². The van der Waals surface area contributed by atoms with Crippen LogP contribution in [0.1, 0.15) is 13.0 Å². The number of hydrogen-bond acceptors (Lipinski definition) is 7. The van der Waals surface area contributed by atoms with Crippen molar-refractivity contribution < 1.29 is 8.94 Å². The van der Waals surface area contributed by atoms with Gasteiger partial charge >= 0.3 is 0 Å². The van der Waals surface area contributed by atoms with Crippen LogP contribution >= 0.6 is 11.5 Å². The first-order valence-electron chi connectivity index (χ1n) is 11.3. The maximum atomic E-state index is 5.01. The molecule has 7 heteroatoms. The van der Waals surface area contributed by atoms with Crippen LogP contribution in [0.2, 0.25) is 0 Å². The third-order valence-electron chi connectivity index (χ3n) is 5.29. The topological polar surface area (TPSA) is 77.3 Å². The van der Waals surface area contributed by atoms with Gasteiger partial charge in [0.05, 0.1) is 16.6 Å². The van der Waals surface area contributed by atoms with E-state index in [-0.39, 0.29) is 7.43 Å². The van der Waals surface area contributed by atoms with Crippen molar-refractivity contribution in [1.82, 2.24) is 14.5 Å². The summed E-state index contributed by atoms with van der Waals surface area (Å²) < 4.78 is 15.2. The Bertz CT molecular complexity index is 1450. The molecule has 6 nitrogen and oxygen atoms in total. The number of nitrogens with zero attached hydrogens (tertiary/aromatic N) is 4. The van der Waals surface area contributed by atoms with E-state index in [1.165, 1.54) is 33.6 Å². The van der Waals surface area contributed by atoms with E-state index in [1.54, 1.807) is 6.20 Å². The minimum atomic E-state index is 0. The molecule has 4 aromatic carbocycles. The van der Waals surface area contributed by atoms with Crippen LogP contribution in [0, 0.1) is 0 Å². The maximum Gasteiger partial charge on any atom is 0.181 e. The average molecular weight is 507 g/mol. The van der Waals surface area contributed by atoms with Crippen LogP contribution in [0.3, 0.4) is 0 Å². The molecule has 0 saturated carbocycles. The van der Waals surface area contributed by atoms with E-state index in [9.17, 15) is 0 Å². The molecule has 0 bridgehead atoms. The second kappa shape index (κ2) is 12.9. The van der Waals surface area contributed by atoms with Crippen molar-refractivity contribution in [3.05, 3.63) is 121 Å². The zero-order valence-corrected chi connectivity index (χ0v) is 20.1. The van der Waals surface area contributed by atoms with E-state index < -0.39 is 0 Å². The minimum absolute atomic E-state index is 0. The number of fused-ring (bicyclic) bond motifs is 4. The van der Waals surface area contributed by atoms with Crippen molar-refractivity contribution in [2.45, 2.75) is 13.8 Å². The first-order valence-corrected chi connectivity index (χ1v) is 12.1. The maximum absolute atomic E-state index is 5.01. The van der Waals surface area contributed by atoms with Gasteiger partial charge in [0.25, 0.3) is 0 Å². The summed E-state index contributed by atoms with van der Waals surface area (Å²) in [7, 11) is 0. The third kappa shape index (κ3) is 6.74. The first kappa shape index (κ1) is 25.5. The molecule has 7 aromatic rings. The van der Waals surface area contributed by atoms with E-state index in [1.807, 2.05) is 91.3 Å². The minimum Gasteiger partial charge on any atom is -0.443 e. The molecular weight excluding hydrogens is 480 g/mol. The largest absolute Gasteiger partial charge is 0.443 e. The molecule has 3 aromatic heterocycles. The van der Waals surface area contributed by atoms with Gasteiger partial charge in [-0.05, 0) is 53.5 Å². The smallest absolute Gasteiger partial charge is 0.181 e. The molecule has 8 rings (SSSR count). The molecule has 0 saturated heterocycles. The molecular formula is C30H26N4O2S. The zero-order chi connectivity index (χ0) is 24.4. The Kier molecular flexibility index (Phi) is 8.88. The fourth-order valence-electron chi connectivity index (χ4n) is 3.48. The van der Waals surface area contributed by atoms with E-state index >= 15 is 0 Å². The Morgan fingerprint density at radius 1 is 0.703 bits per heavy atom. The summed E-state index contributed by atoms with van der Waals surface area (Å²) in [6.45, 7) is 0. The summed E-state index contributed by atoms with van der Waals surface area (Å²) in [5.74, 6) is 0. The second-order valence-corrected chi connectivity index (χ2v) is 8.53. The normalized spacial score (nSPS) is 10.8. The molecule has 0 N–H and O–H groups in total.